The third-order valence-corrected chi connectivity index (χ3v) is 6.13. The van der Waals surface area contributed by atoms with Gasteiger partial charge in [-0.05, 0) is 43.4 Å². The number of nitrogens with zero attached hydrogens (tertiary/aromatic N) is 1. The van der Waals surface area contributed by atoms with Crippen LogP contribution in [-0.2, 0) is 20.9 Å². The maximum Gasteiger partial charge on any atom is 0.226 e. The lowest BCUT2D eigenvalue weighted by Gasteiger charge is -2.29. The molecule has 3 amide bonds. The first-order chi connectivity index (χ1) is 14.4. The van der Waals surface area contributed by atoms with Gasteiger partial charge in [0.15, 0.2) is 0 Å². The van der Waals surface area contributed by atoms with Gasteiger partial charge in [-0.25, -0.2) is 0 Å². The number of allylic oxidation sites excluding steroid dienone is 2. The van der Waals surface area contributed by atoms with E-state index in [1.165, 1.54) is 0 Å². The molecule has 0 aromatic heterocycles. The van der Waals surface area contributed by atoms with Gasteiger partial charge in [0, 0.05) is 43.0 Å². The van der Waals surface area contributed by atoms with Crippen molar-refractivity contribution >= 4 is 29.3 Å². The lowest BCUT2D eigenvalue weighted by molar-refractivity contribution is -0.139. The van der Waals surface area contributed by atoms with Crippen molar-refractivity contribution in [3.05, 3.63) is 47.0 Å². The fourth-order valence-corrected chi connectivity index (χ4v) is 4.13. The molecule has 1 saturated heterocycles. The molecule has 1 aromatic rings. The maximum atomic E-state index is 13.2. The van der Waals surface area contributed by atoms with Crippen molar-refractivity contribution in [3.8, 4) is 0 Å². The highest BCUT2D eigenvalue weighted by molar-refractivity contribution is 6.30. The molecule has 2 N–H and O–H groups in total. The van der Waals surface area contributed by atoms with Crippen molar-refractivity contribution in [2.75, 3.05) is 13.1 Å². The minimum atomic E-state index is -0.391. The average Bonchev–Trinajstić information content (AvgIpc) is 3.21. The van der Waals surface area contributed by atoms with Crippen LogP contribution >= 0.6 is 11.6 Å². The van der Waals surface area contributed by atoms with Crippen molar-refractivity contribution in [3.63, 3.8) is 0 Å². The number of hydrogen-bond acceptors (Lipinski definition) is 3. The minimum absolute atomic E-state index is 0.00617. The van der Waals surface area contributed by atoms with Gasteiger partial charge in [0.2, 0.25) is 17.7 Å². The summed E-state index contributed by atoms with van der Waals surface area (Å²) in [6, 6.07) is 7.33. The zero-order chi connectivity index (χ0) is 21.5. The van der Waals surface area contributed by atoms with E-state index >= 15 is 0 Å². The number of benzene rings is 1. The van der Waals surface area contributed by atoms with Crippen LogP contribution in [0.1, 0.15) is 44.6 Å². The highest BCUT2D eigenvalue weighted by atomic mass is 35.5. The Hall–Kier alpha value is -2.34. The summed E-state index contributed by atoms with van der Waals surface area (Å²) in [5, 5.41) is 6.55. The average molecular weight is 432 g/mol. The first kappa shape index (κ1) is 22.3. The number of carbonyl (C=O) groups is 3. The Morgan fingerprint density at radius 1 is 1.20 bits per heavy atom. The molecule has 2 aliphatic rings. The topological polar surface area (TPSA) is 78.5 Å². The second-order valence-electron chi connectivity index (χ2n) is 8.22. The first-order valence-electron chi connectivity index (χ1n) is 10.7. The Morgan fingerprint density at radius 3 is 2.70 bits per heavy atom. The molecule has 6 nitrogen and oxygen atoms in total. The number of fused-ring (bicyclic) bond motifs is 1. The molecule has 0 saturated carbocycles. The number of nitrogens with one attached hydrogen (secondary N) is 2. The van der Waals surface area contributed by atoms with Gasteiger partial charge in [-0.3, -0.25) is 14.4 Å². The van der Waals surface area contributed by atoms with Gasteiger partial charge in [-0.2, -0.15) is 0 Å². The van der Waals surface area contributed by atoms with E-state index in [1.807, 2.05) is 36.1 Å². The maximum absolute atomic E-state index is 13.2. The molecule has 2 aliphatic heterocycles. The molecule has 3 atom stereocenters. The van der Waals surface area contributed by atoms with Crippen LogP contribution in [0.15, 0.2) is 36.4 Å². The van der Waals surface area contributed by atoms with Crippen LogP contribution < -0.4 is 10.6 Å². The summed E-state index contributed by atoms with van der Waals surface area (Å²) in [7, 11) is 0. The number of rotatable bonds is 4. The molecule has 3 rings (SSSR count). The SMILES string of the molecule is C[C@H]1C/C=C/C[C@@H](CC(=O)NCc2ccc(Cl)cc2)C(=O)N2CCC[C@H]2CNC1=O. The van der Waals surface area contributed by atoms with Crippen LogP contribution in [0.3, 0.4) is 0 Å². The summed E-state index contributed by atoms with van der Waals surface area (Å²) in [6.45, 7) is 3.48. The second-order valence-corrected chi connectivity index (χ2v) is 8.66. The Labute approximate surface area is 183 Å². The summed E-state index contributed by atoms with van der Waals surface area (Å²) in [5.41, 5.74) is 0.960. The van der Waals surface area contributed by atoms with Gasteiger partial charge in [-0.1, -0.05) is 42.8 Å². The van der Waals surface area contributed by atoms with Crippen molar-refractivity contribution in [2.24, 2.45) is 11.8 Å². The van der Waals surface area contributed by atoms with Crippen LogP contribution in [0.4, 0.5) is 0 Å². The highest BCUT2D eigenvalue weighted by Gasteiger charge is 2.34. The fraction of sp³-hybridized carbons (Fsp3) is 0.522. The van der Waals surface area contributed by atoms with Gasteiger partial charge >= 0.3 is 0 Å². The van der Waals surface area contributed by atoms with Crippen LogP contribution in [-0.4, -0.2) is 41.8 Å². The summed E-state index contributed by atoms with van der Waals surface area (Å²) >= 11 is 5.90. The summed E-state index contributed by atoms with van der Waals surface area (Å²) < 4.78 is 0. The third-order valence-electron chi connectivity index (χ3n) is 5.88. The molecule has 30 heavy (non-hydrogen) atoms. The van der Waals surface area contributed by atoms with Crippen molar-refractivity contribution in [2.45, 2.75) is 51.6 Å². The minimum Gasteiger partial charge on any atom is -0.354 e. The zero-order valence-corrected chi connectivity index (χ0v) is 18.2. The molecule has 0 radical (unpaired) electrons. The fourth-order valence-electron chi connectivity index (χ4n) is 4.00. The van der Waals surface area contributed by atoms with Crippen molar-refractivity contribution in [1.82, 2.24) is 15.5 Å². The van der Waals surface area contributed by atoms with Crippen LogP contribution in [0.2, 0.25) is 5.02 Å². The quantitative estimate of drug-likeness (QED) is 0.719. The van der Waals surface area contributed by atoms with Crippen LogP contribution in [0, 0.1) is 11.8 Å². The lowest BCUT2D eigenvalue weighted by atomic mass is 9.96. The predicted molar refractivity (Wildman–Crippen MR) is 117 cm³/mol. The molecule has 0 unspecified atom stereocenters. The Kier molecular flexibility index (Phi) is 7.91. The molecule has 0 bridgehead atoms. The summed E-state index contributed by atoms with van der Waals surface area (Å²) in [5.74, 6) is -0.601. The van der Waals surface area contributed by atoms with Gasteiger partial charge in [0.1, 0.15) is 0 Å². The largest absolute Gasteiger partial charge is 0.354 e. The monoisotopic (exact) mass is 431 g/mol. The molecule has 162 valence electrons. The van der Waals surface area contributed by atoms with E-state index in [4.69, 9.17) is 11.6 Å². The first-order valence-corrected chi connectivity index (χ1v) is 11.1. The molecular formula is C23H30ClN3O3. The standard InChI is InChI=1S/C23H30ClN3O3/c1-16-5-2-3-6-18(13-21(28)25-14-17-8-10-19(24)11-9-17)23(30)27-12-4-7-20(27)15-26-22(16)29/h2-3,8-11,16,18,20H,4-7,12-15H2,1H3,(H,25,28)(H,26,29)/b3-2+/t16-,18-,20-/m0/s1. The van der Waals surface area contributed by atoms with Gasteiger partial charge in [0.05, 0.1) is 5.92 Å². The number of amides is 3. The lowest BCUT2D eigenvalue weighted by Crippen LogP contribution is -2.47. The molecule has 1 aromatic carbocycles. The second kappa shape index (κ2) is 10.6. The third kappa shape index (κ3) is 6.08. The number of hydrogen-bond donors (Lipinski definition) is 2. The predicted octanol–water partition coefficient (Wildman–Crippen LogP) is 3.06. The smallest absolute Gasteiger partial charge is 0.226 e. The molecule has 7 heteroatoms. The van der Waals surface area contributed by atoms with Crippen LogP contribution in [0.25, 0.3) is 0 Å². The van der Waals surface area contributed by atoms with E-state index in [9.17, 15) is 14.4 Å². The van der Waals surface area contributed by atoms with E-state index in [0.29, 0.717) is 37.5 Å². The summed E-state index contributed by atoms with van der Waals surface area (Å²) in [4.78, 5) is 39.9. The highest BCUT2D eigenvalue weighted by Crippen LogP contribution is 2.24. The Bertz CT molecular complexity index is 793. The van der Waals surface area contributed by atoms with Crippen LogP contribution in [0.5, 0.6) is 0 Å². The molecule has 0 spiro atoms. The van der Waals surface area contributed by atoms with E-state index in [0.717, 1.165) is 18.4 Å². The zero-order valence-electron chi connectivity index (χ0n) is 17.4. The molecular weight excluding hydrogens is 402 g/mol. The van der Waals surface area contributed by atoms with E-state index in [1.54, 1.807) is 12.1 Å². The van der Waals surface area contributed by atoms with Gasteiger partial charge in [-0.15, -0.1) is 0 Å². The van der Waals surface area contributed by atoms with E-state index in [2.05, 4.69) is 10.6 Å². The Morgan fingerprint density at radius 2 is 1.93 bits per heavy atom. The normalized spacial score (nSPS) is 26.2. The molecule has 2 heterocycles. The van der Waals surface area contributed by atoms with E-state index < -0.39 is 5.92 Å². The van der Waals surface area contributed by atoms with E-state index in [-0.39, 0.29) is 36.1 Å². The molecule has 1 fully saturated rings. The summed E-state index contributed by atoms with van der Waals surface area (Å²) in [6.07, 6.45) is 6.97. The number of halogens is 1. The van der Waals surface area contributed by atoms with Gasteiger partial charge < -0.3 is 15.5 Å². The van der Waals surface area contributed by atoms with Crippen molar-refractivity contribution < 1.29 is 14.4 Å². The Balaban J connectivity index is 1.65. The van der Waals surface area contributed by atoms with Gasteiger partial charge in [0.25, 0.3) is 0 Å². The van der Waals surface area contributed by atoms with Crippen molar-refractivity contribution in [1.29, 1.82) is 0 Å². The number of carbonyl (C=O) groups excluding carboxylic acids is 3. The molecule has 0 aliphatic carbocycles.